The number of nitrogens with two attached hydrogens (primary N) is 1. The summed E-state index contributed by atoms with van der Waals surface area (Å²) in [5, 5.41) is 1.75. The van der Waals surface area contributed by atoms with Gasteiger partial charge in [-0.1, -0.05) is 6.07 Å². The molecule has 6 heteroatoms. The van der Waals surface area contributed by atoms with E-state index in [-0.39, 0.29) is 6.04 Å². The smallest absolute Gasteiger partial charge is 0.212 e. The fourth-order valence-electron chi connectivity index (χ4n) is 2.10. The van der Waals surface area contributed by atoms with Crippen molar-refractivity contribution in [3.05, 3.63) is 60.0 Å². The number of furan rings is 1. The van der Waals surface area contributed by atoms with E-state index in [0.717, 1.165) is 11.3 Å². The molecule has 2 aromatic rings. The largest absolute Gasteiger partial charge is 0.481 e. The molecule has 0 spiro atoms. The zero-order valence-electron chi connectivity index (χ0n) is 11.0. The van der Waals surface area contributed by atoms with Crippen LogP contribution in [0.1, 0.15) is 17.4 Å². The van der Waals surface area contributed by atoms with Crippen LogP contribution < -0.4 is 10.5 Å². The highest BCUT2D eigenvalue weighted by Gasteiger charge is 2.28. The van der Waals surface area contributed by atoms with Crippen LogP contribution in [0.25, 0.3) is 0 Å². The van der Waals surface area contributed by atoms with Crippen LogP contribution in [-0.2, 0) is 11.4 Å². The van der Waals surface area contributed by atoms with Gasteiger partial charge in [-0.25, -0.2) is 4.98 Å². The van der Waals surface area contributed by atoms with Crippen molar-refractivity contribution in [1.29, 1.82) is 0 Å². The van der Waals surface area contributed by atoms with Gasteiger partial charge in [0.15, 0.2) is 0 Å². The molecule has 0 aliphatic carbocycles. The van der Waals surface area contributed by atoms with Crippen LogP contribution >= 0.6 is 0 Å². The van der Waals surface area contributed by atoms with Gasteiger partial charge in [-0.05, 0) is 17.7 Å². The van der Waals surface area contributed by atoms with Gasteiger partial charge in [0, 0.05) is 18.3 Å². The Morgan fingerprint density at radius 2 is 2.30 bits per heavy atom. The molecule has 1 atom stereocenters. The number of aromatic nitrogens is 1. The van der Waals surface area contributed by atoms with Gasteiger partial charge in [0.05, 0.1) is 26.0 Å². The summed E-state index contributed by atoms with van der Waals surface area (Å²) >= 11 is 0. The fraction of sp³-hybridized carbons (Fsp3) is 0.214. The van der Waals surface area contributed by atoms with Gasteiger partial charge < -0.3 is 19.7 Å². The lowest BCUT2D eigenvalue weighted by molar-refractivity contribution is -0.131. The maximum Gasteiger partial charge on any atom is 0.212 e. The van der Waals surface area contributed by atoms with E-state index in [4.69, 9.17) is 19.7 Å². The van der Waals surface area contributed by atoms with Crippen LogP contribution in [0, 0.1) is 0 Å². The molecular weight excluding hydrogens is 258 g/mol. The van der Waals surface area contributed by atoms with Gasteiger partial charge in [-0.15, -0.1) is 5.06 Å². The average molecular weight is 273 g/mol. The second kappa shape index (κ2) is 5.26. The summed E-state index contributed by atoms with van der Waals surface area (Å²) in [6.45, 7) is 0.501. The zero-order valence-corrected chi connectivity index (χ0v) is 11.0. The van der Waals surface area contributed by atoms with Crippen LogP contribution in [0.5, 0.6) is 5.88 Å². The SMILES string of the molecule is COc1ccc(C2C=C(N)ON2Cc2ccco2)cn1. The molecule has 6 nitrogen and oxygen atoms in total. The van der Waals surface area contributed by atoms with E-state index in [1.165, 1.54) is 0 Å². The van der Waals surface area contributed by atoms with Crippen LogP contribution in [-0.4, -0.2) is 17.2 Å². The van der Waals surface area contributed by atoms with E-state index in [1.54, 1.807) is 24.6 Å². The molecule has 1 aliphatic rings. The summed E-state index contributed by atoms with van der Waals surface area (Å²) in [7, 11) is 1.59. The van der Waals surface area contributed by atoms with E-state index in [1.807, 2.05) is 30.3 Å². The third-order valence-electron chi connectivity index (χ3n) is 3.06. The lowest BCUT2D eigenvalue weighted by Gasteiger charge is -2.21. The van der Waals surface area contributed by atoms with Gasteiger partial charge in [0.2, 0.25) is 11.8 Å². The van der Waals surface area contributed by atoms with Crippen molar-refractivity contribution in [2.75, 3.05) is 7.11 Å². The van der Waals surface area contributed by atoms with Gasteiger partial charge in [-0.3, -0.25) is 0 Å². The molecule has 104 valence electrons. The first-order valence-electron chi connectivity index (χ1n) is 6.20. The lowest BCUT2D eigenvalue weighted by atomic mass is 10.1. The van der Waals surface area contributed by atoms with E-state index in [0.29, 0.717) is 18.3 Å². The quantitative estimate of drug-likeness (QED) is 0.918. The van der Waals surface area contributed by atoms with Crippen LogP contribution in [0.4, 0.5) is 0 Å². The number of ether oxygens (including phenoxy) is 1. The zero-order chi connectivity index (χ0) is 13.9. The second-order valence-electron chi connectivity index (χ2n) is 4.39. The minimum absolute atomic E-state index is 0.0986. The molecule has 1 unspecified atom stereocenters. The van der Waals surface area contributed by atoms with Crippen LogP contribution in [0.15, 0.2) is 53.1 Å². The minimum Gasteiger partial charge on any atom is -0.481 e. The van der Waals surface area contributed by atoms with Crippen molar-refractivity contribution in [3.63, 3.8) is 0 Å². The molecular formula is C14H15N3O3. The number of hydrogen-bond donors (Lipinski definition) is 1. The average Bonchev–Trinajstić information content (AvgIpc) is 3.09. The van der Waals surface area contributed by atoms with Crippen LogP contribution in [0.2, 0.25) is 0 Å². The topological polar surface area (TPSA) is 73.8 Å². The molecule has 0 fully saturated rings. The normalized spacial score (nSPS) is 18.6. The Kier molecular flexibility index (Phi) is 3.30. The summed E-state index contributed by atoms with van der Waals surface area (Å²) in [6, 6.07) is 7.37. The standard InChI is InChI=1S/C14H15N3O3/c1-18-14-5-4-10(8-16-14)12-7-13(15)20-17(12)9-11-3-2-6-19-11/h2-8,12H,9,15H2,1H3. The number of hydrogen-bond acceptors (Lipinski definition) is 6. The summed E-state index contributed by atoms with van der Waals surface area (Å²) in [4.78, 5) is 9.71. The van der Waals surface area contributed by atoms with Gasteiger partial charge >= 0.3 is 0 Å². The third kappa shape index (κ3) is 2.46. The highest BCUT2D eigenvalue weighted by atomic mass is 16.7. The number of rotatable bonds is 4. The molecule has 20 heavy (non-hydrogen) atoms. The number of methoxy groups -OCH3 is 1. The summed E-state index contributed by atoms with van der Waals surface area (Å²) < 4.78 is 10.4. The predicted octanol–water partition coefficient (Wildman–Crippen LogP) is 1.97. The highest BCUT2D eigenvalue weighted by molar-refractivity contribution is 5.25. The first kappa shape index (κ1) is 12.6. The van der Waals surface area contributed by atoms with Crippen molar-refractivity contribution >= 4 is 0 Å². The van der Waals surface area contributed by atoms with Crippen LogP contribution in [0.3, 0.4) is 0 Å². The molecule has 1 aliphatic heterocycles. The Hall–Kier alpha value is -2.47. The Morgan fingerprint density at radius 3 is 2.95 bits per heavy atom. The lowest BCUT2D eigenvalue weighted by Crippen LogP contribution is -2.23. The summed E-state index contributed by atoms with van der Waals surface area (Å²) in [5.74, 6) is 1.75. The molecule has 0 aromatic carbocycles. The number of pyridine rings is 1. The Bertz CT molecular complexity index is 593. The third-order valence-corrected chi connectivity index (χ3v) is 3.06. The van der Waals surface area contributed by atoms with E-state index >= 15 is 0 Å². The molecule has 0 amide bonds. The molecule has 0 saturated heterocycles. The summed E-state index contributed by atoms with van der Waals surface area (Å²) in [5.41, 5.74) is 6.73. The number of hydroxylamine groups is 2. The minimum atomic E-state index is -0.0986. The molecule has 2 aromatic heterocycles. The summed E-state index contributed by atoms with van der Waals surface area (Å²) in [6.07, 6.45) is 5.22. The first-order valence-corrected chi connectivity index (χ1v) is 6.20. The monoisotopic (exact) mass is 273 g/mol. The molecule has 0 radical (unpaired) electrons. The predicted molar refractivity (Wildman–Crippen MR) is 71.1 cm³/mol. The van der Waals surface area contributed by atoms with E-state index in [2.05, 4.69) is 4.98 Å². The Labute approximate surface area is 116 Å². The molecule has 2 N–H and O–H groups in total. The van der Waals surface area contributed by atoms with Crippen molar-refractivity contribution in [2.24, 2.45) is 5.73 Å². The van der Waals surface area contributed by atoms with Crippen molar-refractivity contribution in [3.8, 4) is 5.88 Å². The first-order chi connectivity index (χ1) is 9.76. The van der Waals surface area contributed by atoms with Crippen molar-refractivity contribution < 1.29 is 14.0 Å². The molecule has 3 rings (SSSR count). The Morgan fingerprint density at radius 1 is 1.40 bits per heavy atom. The maximum atomic E-state index is 5.76. The van der Waals surface area contributed by atoms with E-state index < -0.39 is 0 Å². The van der Waals surface area contributed by atoms with Gasteiger partial charge in [0.1, 0.15) is 5.76 Å². The van der Waals surface area contributed by atoms with Gasteiger partial charge in [-0.2, -0.15) is 0 Å². The second-order valence-corrected chi connectivity index (χ2v) is 4.39. The molecule has 0 saturated carbocycles. The van der Waals surface area contributed by atoms with Crippen molar-refractivity contribution in [2.45, 2.75) is 12.6 Å². The molecule has 0 bridgehead atoms. The van der Waals surface area contributed by atoms with Crippen molar-refractivity contribution in [1.82, 2.24) is 10.0 Å². The molecule has 3 heterocycles. The Balaban J connectivity index is 1.80. The van der Waals surface area contributed by atoms with E-state index in [9.17, 15) is 0 Å². The highest BCUT2D eigenvalue weighted by Crippen LogP contribution is 2.31. The maximum absolute atomic E-state index is 5.76. The van der Waals surface area contributed by atoms with Gasteiger partial charge in [0.25, 0.3) is 0 Å². The number of nitrogens with zero attached hydrogens (tertiary/aromatic N) is 2. The fourth-order valence-corrected chi connectivity index (χ4v) is 2.10.